The van der Waals surface area contributed by atoms with E-state index in [2.05, 4.69) is 0 Å². The van der Waals surface area contributed by atoms with Gasteiger partial charge in [-0.2, -0.15) is 11.3 Å². The normalized spacial score (nSPS) is 10.3. The van der Waals surface area contributed by atoms with Crippen LogP contribution >= 0.6 is 11.3 Å². The van der Waals surface area contributed by atoms with E-state index >= 15 is 0 Å². The van der Waals surface area contributed by atoms with Crippen molar-refractivity contribution in [1.82, 2.24) is 0 Å². The number of benzene rings is 1. The maximum atomic E-state index is 13.0. The molecule has 0 aliphatic carbocycles. The Morgan fingerprint density at radius 3 is 2.72 bits per heavy atom. The van der Waals surface area contributed by atoms with Crippen molar-refractivity contribution in [3.05, 3.63) is 51.7 Å². The molecule has 1 aromatic heterocycles. The molecule has 0 saturated heterocycles. The number of carbonyl (C=O) groups is 1. The number of anilines is 1. The van der Waals surface area contributed by atoms with Crippen molar-refractivity contribution in [2.24, 2.45) is 0 Å². The van der Waals surface area contributed by atoms with Crippen molar-refractivity contribution in [2.45, 2.75) is 6.61 Å². The average molecular weight is 269 g/mol. The molecule has 6 heteroatoms. The van der Waals surface area contributed by atoms with Crippen LogP contribution in [0.5, 0.6) is 0 Å². The molecular formula is C12H9F2NO2S. The van der Waals surface area contributed by atoms with E-state index in [0.717, 1.165) is 17.7 Å². The Morgan fingerprint density at radius 2 is 2.06 bits per heavy atom. The highest BCUT2D eigenvalue weighted by Crippen LogP contribution is 2.18. The maximum absolute atomic E-state index is 13.0. The molecule has 0 aliphatic heterocycles. The van der Waals surface area contributed by atoms with Gasteiger partial charge in [-0.1, -0.05) is 0 Å². The number of nitrogen functional groups attached to an aromatic ring is 1. The molecule has 18 heavy (non-hydrogen) atoms. The van der Waals surface area contributed by atoms with E-state index in [1.165, 1.54) is 11.3 Å². The topological polar surface area (TPSA) is 52.3 Å². The molecule has 3 nitrogen and oxygen atoms in total. The minimum atomic E-state index is -1.13. The van der Waals surface area contributed by atoms with Gasteiger partial charge in [-0.15, -0.1) is 0 Å². The van der Waals surface area contributed by atoms with Gasteiger partial charge in [-0.3, -0.25) is 0 Å². The van der Waals surface area contributed by atoms with Gasteiger partial charge >= 0.3 is 5.97 Å². The molecule has 94 valence electrons. The monoisotopic (exact) mass is 269 g/mol. The zero-order valence-corrected chi connectivity index (χ0v) is 9.97. The van der Waals surface area contributed by atoms with Gasteiger partial charge in [0.25, 0.3) is 0 Å². The number of thiophene rings is 1. The summed E-state index contributed by atoms with van der Waals surface area (Å²) in [5.74, 6) is -3.01. The van der Waals surface area contributed by atoms with E-state index in [-0.39, 0.29) is 17.9 Å². The van der Waals surface area contributed by atoms with Crippen molar-refractivity contribution in [2.75, 3.05) is 5.73 Å². The molecular weight excluding hydrogens is 260 g/mol. The Morgan fingerprint density at radius 1 is 1.33 bits per heavy atom. The second-order valence-corrected chi connectivity index (χ2v) is 4.34. The molecule has 0 spiro atoms. The van der Waals surface area contributed by atoms with Crippen LogP contribution in [0.2, 0.25) is 0 Å². The minimum absolute atomic E-state index is 0.0702. The van der Waals surface area contributed by atoms with E-state index in [9.17, 15) is 13.6 Å². The van der Waals surface area contributed by atoms with Crippen LogP contribution in [0.4, 0.5) is 14.5 Å². The predicted molar refractivity (Wildman–Crippen MR) is 64.2 cm³/mol. The van der Waals surface area contributed by atoms with E-state index < -0.39 is 17.6 Å². The highest BCUT2D eigenvalue weighted by molar-refractivity contribution is 7.07. The van der Waals surface area contributed by atoms with Crippen LogP contribution in [0.1, 0.15) is 15.9 Å². The molecule has 0 radical (unpaired) electrons. The summed E-state index contributed by atoms with van der Waals surface area (Å²) in [6, 6.07) is 3.30. The summed E-state index contributed by atoms with van der Waals surface area (Å²) in [5, 5.41) is 3.66. The first-order chi connectivity index (χ1) is 8.58. The lowest BCUT2D eigenvalue weighted by atomic mass is 10.1. The molecule has 2 N–H and O–H groups in total. The third kappa shape index (κ3) is 2.65. The highest BCUT2D eigenvalue weighted by Gasteiger charge is 2.15. The van der Waals surface area contributed by atoms with Crippen LogP contribution in [0, 0.1) is 11.6 Å². The Bertz CT molecular complexity index is 570. The first-order valence-electron chi connectivity index (χ1n) is 5.00. The number of carbonyl (C=O) groups excluding carboxylic acids is 1. The first-order valence-corrected chi connectivity index (χ1v) is 5.95. The van der Waals surface area contributed by atoms with Crippen LogP contribution in [-0.2, 0) is 11.3 Å². The second-order valence-electron chi connectivity index (χ2n) is 3.56. The van der Waals surface area contributed by atoms with Gasteiger partial charge in [0.05, 0.1) is 5.56 Å². The van der Waals surface area contributed by atoms with Gasteiger partial charge in [0.2, 0.25) is 0 Å². The van der Waals surface area contributed by atoms with Crippen LogP contribution in [-0.4, -0.2) is 5.97 Å². The average Bonchev–Trinajstić information content (AvgIpc) is 2.84. The van der Waals surface area contributed by atoms with Crippen molar-refractivity contribution in [3.8, 4) is 0 Å². The molecule has 1 aromatic carbocycles. The predicted octanol–water partition coefficient (Wildman–Crippen LogP) is 2.97. The standard InChI is InChI=1S/C12H9F2NO2S/c13-9-3-8(11(15)4-10(9)14)12(16)17-5-7-1-2-18-6-7/h1-4,6H,5,15H2. The van der Waals surface area contributed by atoms with E-state index in [1.807, 2.05) is 10.8 Å². The summed E-state index contributed by atoms with van der Waals surface area (Å²) in [6.07, 6.45) is 0. The molecule has 1 heterocycles. The van der Waals surface area contributed by atoms with Gasteiger partial charge in [-0.05, 0) is 22.9 Å². The lowest BCUT2D eigenvalue weighted by molar-refractivity contribution is 0.0474. The van der Waals surface area contributed by atoms with Crippen molar-refractivity contribution in [3.63, 3.8) is 0 Å². The Balaban J connectivity index is 2.11. The summed E-state index contributed by atoms with van der Waals surface area (Å²) in [5.41, 5.74) is 5.94. The first kappa shape index (κ1) is 12.5. The fourth-order valence-electron chi connectivity index (χ4n) is 1.34. The molecule has 2 aromatic rings. The summed E-state index contributed by atoms with van der Waals surface area (Å²) >= 11 is 1.47. The number of ether oxygens (including phenoxy) is 1. The van der Waals surface area contributed by atoms with Gasteiger partial charge < -0.3 is 10.5 Å². The third-order valence-electron chi connectivity index (χ3n) is 2.26. The van der Waals surface area contributed by atoms with Crippen LogP contribution in [0.3, 0.4) is 0 Å². The van der Waals surface area contributed by atoms with Crippen LogP contribution < -0.4 is 5.73 Å². The van der Waals surface area contributed by atoms with E-state index in [1.54, 1.807) is 6.07 Å². The Labute approximate surface area is 106 Å². The maximum Gasteiger partial charge on any atom is 0.340 e. The van der Waals surface area contributed by atoms with Gasteiger partial charge in [0.15, 0.2) is 11.6 Å². The van der Waals surface area contributed by atoms with Gasteiger partial charge in [0, 0.05) is 17.3 Å². The quantitative estimate of drug-likeness (QED) is 0.688. The summed E-state index contributed by atoms with van der Waals surface area (Å²) in [7, 11) is 0. The number of nitrogens with two attached hydrogens (primary N) is 1. The zero-order valence-electron chi connectivity index (χ0n) is 9.15. The lowest BCUT2D eigenvalue weighted by Crippen LogP contribution is -2.09. The number of rotatable bonds is 3. The van der Waals surface area contributed by atoms with Gasteiger partial charge in [0.1, 0.15) is 6.61 Å². The summed E-state index contributed by atoms with van der Waals surface area (Å²) in [6.45, 7) is 0.0702. The number of hydrogen-bond donors (Lipinski definition) is 1. The summed E-state index contributed by atoms with van der Waals surface area (Å²) in [4.78, 5) is 11.6. The number of hydrogen-bond acceptors (Lipinski definition) is 4. The Kier molecular flexibility index (Phi) is 3.57. The summed E-state index contributed by atoms with van der Waals surface area (Å²) < 4.78 is 30.8. The molecule has 2 rings (SSSR count). The zero-order chi connectivity index (χ0) is 13.1. The number of halogens is 2. The molecule has 0 fully saturated rings. The molecule has 0 amide bonds. The fourth-order valence-corrected chi connectivity index (χ4v) is 1.99. The van der Waals surface area contributed by atoms with E-state index in [4.69, 9.17) is 10.5 Å². The van der Waals surface area contributed by atoms with Crippen LogP contribution in [0.25, 0.3) is 0 Å². The SMILES string of the molecule is Nc1cc(F)c(F)cc1C(=O)OCc1ccsc1. The van der Waals surface area contributed by atoms with Crippen LogP contribution in [0.15, 0.2) is 29.0 Å². The second kappa shape index (κ2) is 5.14. The third-order valence-corrected chi connectivity index (χ3v) is 2.99. The van der Waals surface area contributed by atoms with Crippen molar-refractivity contribution < 1.29 is 18.3 Å². The molecule has 0 bridgehead atoms. The Hall–Kier alpha value is -1.95. The largest absolute Gasteiger partial charge is 0.457 e. The minimum Gasteiger partial charge on any atom is -0.457 e. The van der Waals surface area contributed by atoms with Crippen molar-refractivity contribution >= 4 is 23.0 Å². The molecule has 0 aliphatic rings. The highest BCUT2D eigenvalue weighted by atomic mass is 32.1. The molecule has 0 saturated carbocycles. The fraction of sp³-hybridized carbons (Fsp3) is 0.0833. The number of esters is 1. The van der Waals surface area contributed by atoms with Gasteiger partial charge in [-0.25, -0.2) is 13.6 Å². The molecule has 0 unspecified atom stereocenters. The molecule has 0 atom stereocenters. The van der Waals surface area contributed by atoms with E-state index in [0.29, 0.717) is 0 Å². The lowest BCUT2D eigenvalue weighted by Gasteiger charge is -2.06. The smallest absolute Gasteiger partial charge is 0.340 e. The van der Waals surface area contributed by atoms with Crippen molar-refractivity contribution in [1.29, 1.82) is 0 Å².